The maximum Gasteiger partial charge on any atom is 0.161 e. The molecule has 0 aliphatic rings. The fourth-order valence-corrected chi connectivity index (χ4v) is 3.16. The molecule has 2 aromatic rings. The van der Waals surface area contributed by atoms with Crippen molar-refractivity contribution in [3.05, 3.63) is 53.1 Å². The van der Waals surface area contributed by atoms with Crippen LogP contribution in [0.4, 0.5) is 0 Å². The molecule has 0 radical (unpaired) electrons. The third kappa shape index (κ3) is 6.40. The zero-order chi connectivity index (χ0) is 21.7. The monoisotopic (exact) mass is 399 g/mol. The van der Waals surface area contributed by atoms with Crippen LogP contribution in [0.25, 0.3) is 0 Å². The van der Waals surface area contributed by atoms with E-state index >= 15 is 0 Å². The van der Waals surface area contributed by atoms with E-state index in [1.807, 2.05) is 25.2 Å². The van der Waals surface area contributed by atoms with Crippen molar-refractivity contribution in [1.82, 2.24) is 5.32 Å². The quantitative estimate of drug-likeness (QED) is 0.598. The summed E-state index contributed by atoms with van der Waals surface area (Å²) in [5.41, 5.74) is 3.80. The van der Waals surface area contributed by atoms with E-state index in [9.17, 15) is 0 Å². The maximum absolute atomic E-state index is 6.13. The molecule has 0 bridgehead atoms. The molecule has 0 aliphatic heterocycles. The van der Waals surface area contributed by atoms with Crippen LogP contribution in [0.15, 0.2) is 36.4 Å². The number of hydrogen-bond acceptors (Lipinski definition) is 4. The topological polar surface area (TPSA) is 39.7 Å². The first kappa shape index (κ1) is 23.1. The number of nitrogens with one attached hydrogen (secondary N) is 1. The highest BCUT2D eigenvalue weighted by Gasteiger charge is 2.23. The van der Waals surface area contributed by atoms with E-state index in [4.69, 9.17) is 14.2 Å². The van der Waals surface area contributed by atoms with Crippen molar-refractivity contribution in [1.29, 1.82) is 0 Å². The minimum Gasteiger partial charge on any atom is -0.493 e. The van der Waals surface area contributed by atoms with Crippen LogP contribution in [0.2, 0.25) is 0 Å². The second-order valence-corrected chi connectivity index (χ2v) is 9.42. The fraction of sp³-hybridized carbons (Fsp3) is 0.520. The summed E-state index contributed by atoms with van der Waals surface area (Å²) in [6, 6.07) is 12.5. The molecule has 0 amide bonds. The first-order valence-corrected chi connectivity index (χ1v) is 10.3. The number of methoxy groups -OCH3 is 1. The average molecular weight is 400 g/mol. The zero-order valence-corrected chi connectivity index (χ0v) is 19.3. The summed E-state index contributed by atoms with van der Waals surface area (Å²) >= 11 is 0. The van der Waals surface area contributed by atoms with Crippen LogP contribution in [0, 0.1) is 0 Å². The molecular weight excluding hydrogens is 362 g/mol. The van der Waals surface area contributed by atoms with Gasteiger partial charge in [-0.2, -0.15) is 0 Å². The van der Waals surface area contributed by atoms with Crippen LogP contribution in [0.3, 0.4) is 0 Å². The first-order chi connectivity index (χ1) is 13.6. The second-order valence-electron chi connectivity index (χ2n) is 9.42. The predicted octanol–water partition coefficient (Wildman–Crippen LogP) is 5.47. The second kappa shape index (κ2) is 9.53. The average Bonchev–Trinajstić information content (AvgIpc) is 2.64. The van der Waals surface area contributed by atoms with Crippen molar-refractivity contribution >= 4 is 0 Å². The summed E-state index contributed by atoms with van der Waals surface area (Å²) in [5.74, 6) is 2.39. The number of benzene rings is 2. The lowest BCUT2D eigenvalue weighted by Crippen LogP contribution is -2.19. The third-order valence-corrected chi connectivity index (χ3v) is 4.86. The van der Waals surface area contributed by atoms with E-state index in [0.29, 0.717) is 13.2 Å². The minimum absolute atomic E-state index is 0.00214. The Balaban J connectivity index is 2.08. The molecule has 160 valence electrons. The molecule has 29 heavy (non-hydrogen) atoms. The Morgan fingerprint density at radius 2 is 1.38 bits per heavy atom. The van der Waals surface area contributed by atoms with Crippen LogP contribution in [-0.4, -0.2) is 27.4 Å². The van der Waals surface area contributed by atoms with E-state index in [1.54, 1.807) is 7.11 Å². The number of hydrogen-bond donors (Lipinski definition) is 1. The molecule has 4 nitrogen and oxygen atoms in total. The molecule has 2 rings (SSSR count). The van der Waals surface area contributed by atoms with Crippen LogP contribution >= 0.6 is 0 Å². The third-order valence-electron chi connectivity index (χ3n) is 4.86. The Morgan fingerprint density at radius 1 is 0.759 bits per heavy atom. The van der Waals surface area contributed by atoms with Crippen LogP contribution in [0.1, 0.15) is 58.2 Å². The molecular formula is C25H37NO3. The van der Waals surface area contributed by atoms with Crippen LogP contribution in [-0.2, 0) is 17.4 Å². The van der Waals surface area contributed by atoms with E-state index in [1.165, 1.54) is 11.1 Å². The highest BCUT2D eigenvalue weighted by Crippen LogP contribution is 2.35. The Bertz CT molecular complexity index is 801. The predicted molar refractivity (Wildman–Crippen MR) is 121 cm³/mol. The standard InChI is InChI=1S/C25H37NO3/c1-24(2,3)19-10-12-21(20(16-19)25(4,5)6)28-13-14-29-23-15-18(17-26-7)9-11-22(23)27-8/h9-12,15-16,26H,13-14,17H2,1-8H3. The molecule has 0 heterocycles. The molecule has 2 aromatic carbocycles. The zero-order valence-electron chi connectivity index (χ0n) is 19.3. The Hall–Kier alpha value is -2.20. The minimum atomic E-state index is 0.00214. The van der Waals surface area contributed by atoms with E-state index in [-0.39, 0.29) is 10.8 Å². The molecule has 0 unspecified atom stereocenters. The van der Waals surface area contributed by atoms with Crippen molar-refractivity contribution in [2.45, 2.75) is 58.9 Å². The summed E-state index contributed by atoms with van der Waals surface area (Å²) in [6.07, 6.45) is 0. The van der Waals surface area contributed by atoms with Gasteiger partial charge >= 0.3 is 0 Å². The Kier molecular flexibility index (Phi) is 7.59. The molecule has 0 fully saturated rings. The van der Waals surface area contributed by atoms with Gasteiger partial charge in [0.1, 0.15) is 19.0 Å². The van der Waals surface area contributed by atoms with Gasteiger partial charge in [-0.1, -0.05) is 59.7 Å². The van der Waals surface area contributed by atoms with Gasteiger partial charge in [0, 0.05) is 6.54 Å². The van der Waals surface area contributed by atoms with Crippen molar-refractivity contribution < 1.29 is 14.2 Å². The van der Waals surface area contributed by atoms with Crippen LogP contribution in [0.5, 0.6) is 17.2 Å². The lowest BCUT2D eigenvalue weighted by molar-refractivity contribution is 0.208. The SMILES string of the molecule is CNCc1ccc(OC)c(OCCOc2ccc(C(C)(C)C)cc2C(C)(C)C)c1. The highest BCUT2D eigenvalue weighted by molar-refractivity contribution is 5.44. The number of rotatable bonds is 8. The molecule has 0 saturated carbocycles. The summed E-state index contributed by atoms with van der Waals surface area (Å²) in [5, 5.41) is 3.15. The van der Waals surface area contributed by atoms with Gasteiger partial charge in [0.2, 0.25) is 0 Å². The van der Waals surface area contributed by atoms with E-state index in [2.05, 4.69) is 65.1 Å². The summed E-state index contributed by atoms with van der Waals surface area (Å²) in [7, 11) is 3.58. The van der Waals surface area contributed by atoms with Gasteiger partial charge in [-0.15, -0.1) is 0 Å². The van der Waals surface area contributed by atoms with Crippen molar-refractivity contribution in [2.75, 3.05) is 27.4 Å². The van der Waals surface area contributed by atoms with Gasteiger partial charge in [0.25, 0.3) is 0 Å². The highest BCUT2D eigenvalue weighted by atomic mass is 16.5. The van der Waals surface area contributed by atoms with Gasteiger partial charge in [0.05, 0.1) is 7.11 Å². The molecule has 0 atom stereocenters. The van der Waals surface area contributed by atoms with Crippen LogP contribution < -0.4 is 19.5 Å². The van der Waals surface area contributed by atoms with E-state index in [0.717, 1.165) is 29.4 Å². The van der Waals surface area contributed by atoms with E-state index < -0.39 is 0 Å². The summed E-state index contributed by atoms with van der Waals surface area (Å²) < 4.78 is 17.5. The lowest BCUT2D eigenvalue weighted by Gasteiger charge is -2.27. The molecule has 0 saturated heterocycles. The van der Waals surface area contributed by atoms with Gasteiger partial charge in [0.15, 0.2) is 11.5 Å². The lowest BCUT2D eigenvalue weighted by atomic mass is 9.80. The van der Waals surface area contributed by atoms with Crippen molar-refractivity contribution in [3.8, 4) is 17.2 Å². The fourth-order valence-electron chi connectivity index (χ4n) is 3.16. The van der Waals surface area contributed by atoms with Gasteiger partial charge < -0.3 is 19.5 Å². The Morgan fingerprint density at radius 3 is 1.93 bits per heavy atom. The maximum atomic E-state index is 6.13. The number of ether oxygens (including phenoxy) is 3. The van der Waals surface area contributed by atoms with Gasteiger partial charge in [-0.25, -0.2) is 0 Å². The molecule has 1 N–H and O–H groups in total. The normalized spacial score (nSPS) is 12.0. The Labute approximate surface area is 176 Å². The molecule has 0 aromatic heterocycles. The molecule has 4 heteroatoms. The molecule has 0 aliphatic carbocycles. The summed E-state index contributed by atoms with van der Waals surface area (Å²) in [4.78, 5) is 0. The smallest absolute Gasteiger partial charge is 0.161 e. The van der Waals surface area contributed by atoms with Crippen molar-refractivity contribution in [3.63, 3.8) is 0 Å². The van der Waals surface area contributed by atoms with Gasteiger partial charge in [-0.3, -0.25) is 0 Å². The molecule has 0 spiro atoms. The summed E-state index contributed by atoms with van der Waals surface area (Å²) in [6.45, 7) is 15.1. The van der Waals surface area contributed by atoms with Gasteiger partial charge in [-0.05, 0) is 52.8 Å². The van der Waals surface area contributed by atoms with Crippen molar-refractivity contribution in [2.24, 2.45) is 0 Å². The first-order valence-electron chi connectivity index (χ1n) is 10.3. The largest absolute Gasteiger partial charge is 0.493 e.